The van der Waals surface area contributed by atoms with Crippen LogP contribution in [-0.4, -0.2) is 20.2 Å². The molecule has 5 heteroatoms. The van der Waals surface area contributed by atoms with Crippen molar-refractivity contribution in [2.24, 2.45) is 0 Å². The van der Waals surface area contributed by atoms with Crippen LogP contribution in [0.3, 0.4) is 0 Å². The minimum atomic E-state index is -0.421. The fraction of sp³-hybridized carbons (Fsp3) is 0.167. The van der Waals surface area contributed by atoms with Crippen molar-refractivity contribution >= 4 is 34.9 Å². The second kappa shape index (κ2) is 8.65. The largest absolute Gasteiger partial charge is 0.503 e. The summed E-state index contributed by atoms with van der Waals surface area (Å²) in [7, 11) is 2.87. The van der Waals surface area contributed by atoms with Crippen LogP contribution in [0.1, 0.15) is 11.1 Å². The van der Waals surface area contributed by atoms with Crippen LogP contribution >= 0.6 is 23.4 Å². The van der Waals surface area contributed by atoms with Gasteiger partial charge in [-0.3, -0.25) is 0 Å². The van der Waals surface area contributed by atoms with Crippen LogP contribution < -0.4 is 0 Å². The van der Waals surface area contributed by atoms with Gasteiger partial charge in [-0.1, -0.05) is 35.9 Å². The van der Waals surface area contributed by atoms with E-state index in [9.17, 15) is 4.79 Å². The maximum atomic E-state index is 12.0. The van der Waals surface area contributed by atoms with Gasteiger partial charge in [-0.25, -0.2) is 4.79 Å². The zero-order chi connectivity index (χ0) is 16.7. The van der Waals surface area contributed by atoms with E-state index in [0.717, 1.165) is 21.8 Å². The molecular formula is C18H17ClO3S. The third kappa shape index (κ3) is 4.78. The first kappa shape index (κ1) is 17.4. The molecule has 0 radical (unpaired) electrons. The molecule has 0 fully saturated rings. The number of hydrogen-bond acceptors (Lipinski definition) is 4. The van der Waals surface area contributed by atoms with Crippen LogP contribution in [-0.2, 0) is 20.0 Å². The number of carbonyl (C=O) groups excluding carboxylic acids is 1. The van der Waals surface area contributed by atoms with E-state index >= 15 is 0 Å². The first-order valence-corrected chi connectivity index (χ1v) is 8.30. The molecule has 0 saturated carbocycles. The topological polar surface area (TPSA) is 35.5 Å². The Kier molecular flexibility index (Phi) is 6.56. The van der Waals surface area contributed by atoms with Crippen molar-refractivity contribution in [3.8, 4) is 0 Å². The molecule has 2 aromatic carbocycles. The molecule has 0 unspecified atom stereocenters. The molecule has 3 nitrogen and oxygen atoms in total. The Morgan fingerprint density at radius 2 is 1.83 bits per heavy atom. The fourth-order valence-corrected chi connectivity index (χ4v) is 3.08. The quantitative estimate of drug-likeness (QED) is 0.325. The lowest BCUT2D eigenvalue weighted by Crippen LogP contribution is -2.06. The standard InChI is InChI=1S/C18H17ClO3S/c1-21-11-17(18(20)22-2)16-6-4-3-5-13(16)12-23-15-9-7-14(19)8-10-15/h3-11H,12H2,1-2H3. The van der Waals surface area contributed by atoms with Crippen molar-refractivity contribution in [2.75, 3.05) is 14.2 Å². The van der Waals surface area contributed by atoms with Gasteiger partial charge >= 0.3 is 5.97 Å². The molecule has 2 rings (SSSR count). The highest BCUT2D eigenvalue weighted by molar-refractivity contribution is 7.98. The maximum Gasteiger partial charge on any atom is 0.341 e. The molecule has 0 aliphatic carbocycles. The van der Waals surface area contributed by atoms with Crippen molar-refractivity contribution in [3.63, 3.8) is 0 Å². The maximum absolute atomic E-state index is 12.0. The summed E-state index contributed by atoms with van der Waals surface area (Å²) in [5, 5.41) is 0.714. The molecule has 0 saturated heterocycles. The van der Waals surface area contributed by atoms with Crippen LogP contribution in [0, 0.1) is 0 Å². The van der Waals surface area contributed by atoms with E-state index in [1.54, 1.807) is 11.8 Å². The predicted octanol–water partition coefficient (Wildman–Crippen LogP) is 4.79. The second-order valence-corrected chi connectivity index (χ2v) is 6.14. The van der Waals surface area contributed by atoms with Crippen molar-refractivity contribution < 1.29 is 14.3 Å². The van der Waals surface area contributed by atoms with Gasteiger partial charge in [-0.05, 0) is 35.4 Å². The molecular weight excluding hydrogens is 332 g/mol. The van der Waals surface area contributed by atoms with E-state index in [-0.39, 0.29) is 0 Å². The predicted molar refractivity (Wildman–Crippen MR) is 94.5 cm³/mol. The summed E-state index contributed by atoms with van der Waals surface area (Å²) in [6.07, 6.45) is 1.41. The highest BCUT2D eigenvalue weighted by Crippen LogP contribution is 2.28. The van der Waals surface area contributed by atoms with Gasteiger partial charge < -0.3 is 9.47 Å². The van der Waals surface area contributed by atoms with Gasteiger partial charge in [0.25, 0.3) is 0 Å². The molecule has 0 bridgehead atoms. The number of carbonyl (C=O) groups is 1. The molecule has 2 aromatic rings. The van der Waals surface area contributed by atoms with Crippen molar-refractivity contribution in [1.82, 2.24) is 0 Å². The highest BCUT2D eigenvalue weighted by Gasteiger charge is 2.16. The van der Waals surface area contributed by atoms with Gasteiger partial charge in [0.15, 0.2) is 0 Å². The number of benzene rings is 2. The normalized spacial score (nSPS) is 11.2. The summed E-state index contributed by atoms with van der Waals surface area (Å²) in [5.74, 6) is 0.298. The molecule has 0 amide bonds. The number of hydrogen-bond donors (Lipinski definition) is 0. The number of thioether (sulfide) groups is 1. The molecule has 120 valence electrons. The van der Waals surface area contributed by atoms with E-state index in [1.807, 2.05) is 48.5 Å². The minimum absolute atomic E-state index is 0.405. The first-order valence-electron chi connectivity index (χ1n) is 6.93. The second-order valence-electron chi connectivity index (χ2n) is 4.66. The Bertz CT molecular complexity index is 696. The number of esters is 1. The number of halogens is 1. The summed E-state index contributed by atoms with van der Waals surface area (Å²) in [4.78, 5) is 13.1. The molecule has 0 spiro atoms. The van der Waals surface area contributed by atoms with Crippen molar-refractivity contribution in [3.05, 3.63) is 70.9 Å². The monoisotopic (exact) mass is 348 g/mol. The van der Waals surface area contributed by atoms with E-state index in [4.69, 9.17) is 21.1 Å². The van der Waals surface area contributed by atoms with E-state index in [2.05, 4.69) is 0 Å². The number of rotatable bonds is 6. The minimum Gasteiger partial charge on any atom is -0.503 e. The SMILES string of the molecule is COC=C(C(=O)OC)c1ccccc1CSc1ccc(Cl)cc1. The molecule has 0 aliphatic rings. The third-order valence-electron chi connectivity index (χ3n) is 3.16. The zero-order valence-corrected chi connectivity index (χ0v) is 14.5. The van der Waals surface area contributed by atoms with Gasteiger partial charge in [-0.2, -0.15) is 0 Å². The molecule has 0 N–H and O–H groups in total. The lowest BCUT2D eigenvalue weighted by molar-refractivity contribution is -0.133. The Morgan fingerprint density at radius 1 is 1.13 bits per heavy atom. The van der Waals surface area contributed by atoms with Crippen LogP contribution in [0.4, 0.5) is 0 Å². The van der Waals surface area contributed by atoms with Crippen LogP contribution in [0.2, 0.25) is 5.02 Å². The lowest BCUT2D eigenvalue weighted by Gasteiger charge is -2.11. The molecule has 0 aromatic heterocycles. The summed E-state index contributed by atoms with van der Waals surface area (Å²) >= 11 is 7.57. The van der Waals surface area contributed by atoms with Gasteiger partial charge in [0.05, 0.1) is 20.5 Å². The summed E-state index contributed by atoms with van der Waals surface area (Å²) in [5.41, 5.74) is 2.24. The van der Waals surface area contributed by atoms with Crippen molar-refractivity contribution in [1.29, 1.82) is 0 Å². The van der Waals surface area contributed by atoms with Crippen LogP contribution in [0.5, 0.6) is 0 Å². The average molecular weight is 349 g/mol. The Labute approximate surface area is 145 Å². The molecule has 23 heavy (non-hydrogen) atoms. The van der Waals surface area contributed by atoms with Gasteiger partial charge in [0.1, 0.15) is 5.57 Å². The van der Waals surface area contributed by atoms with Crippen LogP contribution in [0.25, 0.3) is 5.57 Å². The Morgan fingerprint density at radius 3 is 2.48 bits per heavy atom. The number of ether oxygens (including phenoxy) is 2. The van der Waals surface area contributed by atoms with Crippen molar-refractivity contribution in [2.45, 2.75) is 10.6 Å². The van der Waals surface area contributed by atoms with E-state index in [0.29, 0.717) is 10.6 Å². The first-order chi connectivity index (χ1) is 11.2. The molecule has 0 heterocycles. The third-order valence-corrected chi connectivity index (χ3v) is 4.47. The van der Waals surface area contributed by atoms with E-state index < -0.39 is 5.97 Å². The summed E-state index contributed by atoms with van der Waals surface area (Å²) in [6, 6.07) is 15.4. The summed E-state index contributed by atoms with van der Waals surface area (Å²) < 4.78 is 9.87. The zero-order valence-electron chi connectivity index (χ0n) is 12.9. The van der Waals surface area contributed by atoms with Gasteiger partial charge in [0.2, 0.25) is 0 Å². The fourth-order valence-electron chi connectivity index (χ4n) is 2.05. The lowest BCUT2D eigenvalue weighted by atomic mass is 10.0. The smallest absolute Gasteiger partial charge is 0.341 e. The van der Waals surface area contributed by atoms with Crippen LogP contribution in [0.15, 0.2) is 59.7 Å². The number of methoxy groups -OCH3 is 2. The highest BCUT2D eigenvalue weighted by atomic mass is 35.5. The summed E-state index contributed by atoms with van der Waals surface area (Å²) in [6.45, 7) is 0. The molecule has 0 atom stereocenters. The Balaban J connectivity index is 2.24. The molecule has 0 aliphatic heterocycles. The van der Waals surface area contributed by atoms with E-state index in [1.165, 1.54) is 20.5 Å². The van der Waals surface area contributed by atoms with Gasteiger partial charge in [-0.15, -0.1) is 11.8 Å². The average Bonchev–Trinajstić information content (AvgIpc) is 2.59. The Hall–Kier alpha value is -1.91. The van der Waals surface area contributed by atoms with Gasteiger partial charge in [0, 0.05) is 15.7 Å².